The molecule has 3 aromatic rings. The fourth-order valence-corrected chi connectivity index (χ4v) is 4.97. The molecule has 0 heterocycles. The van der Waals surface area contributed by atoms with Crippen molar-refractivity contribution in [2.45, 2.75) is 38.8 Å². The lowest BCUT2D eigenvalue weighted by Crippen LogP contribution is -2.52. The van der Waals surface area contributed by atoms with Gasteiger partial charge < -0.3 is 15.0 Å². The molecule has 0 aromatic heterocycles. The van der Waals surface area contributed by atoms with E-state index in [1.54, 1.807) is 36.4 Å². The Labute approximate surface area is 241 Å². The lowest BCUT2D eigenvalue weighted by Gasteiger charge is -2.32. The van der Waals surface area contributed by atoms with Gasteiger partial charge in [-0.2, -0.15) is 0 Å². The van der Waals surface area contributed by atoms with E-state index in [0.717, 1.165) is 22.9 Å². The highest BCUT2D eigenvalue weighted by atomic mass is 79.9. The summed E-state index contributed by atoms with van der Waals surface area (Å²) < 4.78 is 6.56. The van der Waals surface area contributed by atoms with Crippen molar-refractivity contribution in [3.05, 3.63) is 97.4 Å². The van der Waals surface area contributed by atoms with Gasteiger partial charge in [0.05, 0.1) is 5.02 Å². The van der Waals surface area contributed by atoms with Crippen LogP contribution < -0.4 is 10.1 Å². The molecule has 3 aromatic carbocycles. The van der Waals surface area contributed by atoms with Crippen LogP contribution in [-0.4, -0.2) is 35.9 Å². The maximum Gasteiger partial charge on any atom is 0.261 e. The van der Waals surface area contributed by atoms with Crippen molar-refractivity contribution in [2.75, 3.05) is 13.2 Å². The van der Waals surface area contributed by atoms with E-state index in [4.69, 9.17) is 39.5 Å². The maximum absolute atomic E-state index is 13.7. The van der Waals surface area contributed by atoms with Crippen LogP contribution in [0.2, 0.25) is 15.1 Å². The topological polar surface area (TPSA) is 58.6 Å². The Kier molecular flexibility index (Phi) is 11.6. The fourth-order valence-electron chi connectivity index (χ4n) is 3.73. The third-order valence-corrected chi connectivity index (χ3v) is 7.23. The van der Waals surface area contributed by atoms with E-state index in [1.165, 1.54) is 4.90 Å². The number of benzene rings is 3. The molecule has 0 bridgehead atoms. The number of unbranched alkanes of at least 4 members (excludes halogenated alkanes) is 1. The summed E-state index contributed by atoms with van der Waals surface area (Å²) in [6, 6.07) is 19.0. The van der Waals surface area contributed by atoms with E-state index in [1.807, 2.05) is 37.3 Å². The summed E-state index contributed by atoms with van der Waals surface area (Å²) in [5, 5.41) is 4.16. The molecule has 1 N–H and O–H groups in total. The molecule has 0 saturated carbocycles. The predicted molar refractivity (Wildman–Crippen MR) is 154 cm³/mol. The minimum atomic E-state index is -0.817. The predicted octanol–water partition coefficient (Wildman–Crippen LogP) is 7.34. The Morgan fingerprint density at radius 3 is 2.32 bits per heavy atom. The van der Waals surface area contributed by atoms with Gasteiger partial charge in [-0.25, -0.2) is 0 Å². The second-order valence-corrected chi connectivity index (χ2v) is 10.6. The zero-order valence-electron chi connectivity index (χ0n) is 20.4. The molecule has 0 aliphatic heterocycles. The summed E-state index contributed by atoms with van der Waals surface area (Å²) in [5.74, 6) is -0.294. The quantitative estimate of drug-likeness (QED) is 0.214. The van der Waals surface area contributed by atoms with Crippen LogP contribution in [-0.2, 0) is 22.6 Å². The summed E-state index contributed by atoms with van der Waals surface area (Å²) in [7, 11) is 0. The molecule has 1 atom stereocenters. The van der Waals surface area contributed by atoms with Crippen LogP contribution in [0.25, 0.3) is 0 Å². The second kappa shape index (κ2) is 14.6. The number of carbonyl (C=O) groups excluding carboxylic acids is 2. The van der Waals surface area contributed by atoms with Gasteiger partial charge in [0.1, 0.15) is 11.8 Å². The Hall–Kier alpha value is -2.25. The lowest BCUT2D eigenvalue weighted by molar-refractivity contribution is -0.142. The van der Waals surface area contributed by atoms with Gasteiger partial charge in [0.2, 0.25) is 5.91 Å². The molecule has 0 saturated heterocycles. The minimum Gasteiger partial charge on any atom is -0.482 e. The highest BCUT2D eigenvalue weighted by Gasteiger charge is 2.31. The summed E-state index contributed by atoms with van der Waals surface area (Å²) >= 11 is 22.5. The number of nitrogens with zero attached hydrogens (tertiary/aromatic N) is 1. The molecular formula is C28H28BrCl3N2O3. The van der Waals surface area contributed by atoms with Gasteiger partial charge in [0, 0.05) is 39.6 Å². The van der Waals surface area contributed by atoms with Crippen molar-refractivity contribution in [3.8, 4) is 5.75 Å². The normalized spacial score (nSPS) is 11.6. The SMILES string of the molecule is CCCCNC(=O)[C@H](Cc1ccccc1)N(Cc1c(Cl)cccc1Cl)C(=O)COc1ccc(Br)cc1Cl. The molecule has 0 aliphatic carbocycles. The Morgan fingerprint density at radius 1 is 0.973 bits per heavy atom. The van der Waals surface area contributed by atoms with Gasteiger partial charge in [-0.1, -0.05) is 100 Å². The number of amides is 2. The maximum atomic E-state index is 13.7. The zero-order valence-corrected chi connectivity index (χ0v) is 24.2. The molecule has 0 unspecified atom stereocenters. The van der Waals surface area contributed by atoms with Crippen molar-refractivity contribution >= 4 is 62.5 Å². The number of rotatable bonds is 12. The number of ether oxygens (including phenoxy) is 1. The van der Waals surface area contributed by atoms with E-state index in [2.05, 4.69) is 21.2 Å². The van der Waals surface area contributed by atoms with Crippen molar-refractivity contribution in [2.24, 2.45) is 0 Å². The number of halogens is 4. The van der Waals surface area contributed by atoms with E-state index in [9.17, 15) is 9.59 Å². The average molecular weight is 627 g/mol. The first-order chi connectivity index (χ1) is 17.8. The van der Waals surface area contributed by atoms with Crippen molar-refractivity contribution in [1.82, 2.24) is 10.2 Å². The summed E-state index contributed by atoms with van der Waals surface area (Å²) in [5.41, 5.74) is 1.47. The van der Waals surface area contributed by atoms with Gasteiger partial charge in [-0.05, 0) is 42.3 Å². The third kappa shape index (κ3) is 8.64. The molecule has 5 nitrogen and oxygen atoms in total. The highest BCUT2D eigenvalue weighted by molar-refractivity contribution is 9.10. The van der Waals surface area contributed by atoms with Gasteiger partial charge in [0.15, 0.2) is 6.61 Å². The van der Waals surface area contributed by atoms with Crippen LogP contribution in [0.15, 0.2) is 71.2 Å². The van der Waals surface area contributed by atoms with E-state index in [-0.39, 0.29) is 19.1 Å². The Balaban J connectivity index is 1.94. The number of hydrogen-bond donors (Lipinski definition) is 1. The molecule has 2 amide bonds. The smallest absolute Gasteiger partial charge is 0.261 e. The molecule has 37 heavy (non-hydrogen) atoms. The van der Waals surface area contributed by atoms with E-state index in [0.29, 0.717) is 39.3 Å². The van der Waals surface area contributed by atoms with Gasteiger partial charge in [0.25, 0.3) is 5.91 Å². The van der Waals surface area contributed by atoms with Crippen LogP contribution in [0.5, 0.6) is 5.75 Å². The van der Waals surface area contributed by atoms with Gasteiger partial charge in [-0.3, -0.25) is 9.59 Å². The number of hydrogen-bond acceptors (Lipinski definition) is 3. The lowest BCUT2D eigenvalue weighted by atomic mass is 10.0. The Morgan fingerprint density at radius 2 is 1.68 bits per heavy atom. The first-order valence-corrected chi connectivity index (χ1v) is 13.8. The molecule has 0 fully saturated rings. The van der Waals surface area contributed by atoms with E-state index >= 15 is 0 Å². The third-order valence-electron chi connectivity index (χ3n) is 5.74. The molecule has 3 rings (SSSR count). The average Bonchev–Trinajstić information content (AvgIpc) is 2.87. The molecule has 196 valence electrons. The van der Waals surface area contributed by atoms with Gasteiger partial charge >= 0.3 is 0 Å². The van der Waals surface area contributed by atoms with Crippen LogP contribution in [0.1, 0.15) is 30.9 Å². The minimum absolute atomic E-state index is 0.0352. The first kappa shape index (κ1) is 29.3. The second-order valence-electron chi connectivity index (χ2n) is 8.44. The molecule has 0 spiro atoms. The van der Waals surface area contributed by atoms with Crippen LogP contribution >= 0.6 is 50.7 Å². The van der Waals surface area contributed by atoms with Crippen molar-refractivity contribution in [3.63, 3.8) is 0 Å². The number of nitrogens with one attached hydrogen (secondary N) is 1. The van der Waals surface area contributed by atoms with Crippen molar-refractivity contribution in [1.29, 1.82) is 0 Å². The molecule has 0 aliphatic rings. The largest absolute Gasteiger partial charge is 0.482 e. The van der Waals surface area contributed by atoms with Crippen LogP contribution in [0, 0.1) is 0 Å². The van der Waals surface area contributed by atoms with Crippen LogP contribution in [0.3, 0.4) is 0 Å². The fraction of sp³-hybridized carbons (Fsp3) is 0.286. The molecular weight excluding hydrogens is 599 g/mol. The van der Waals surface area contributed by atoms with Crippen molar-refractivity contribution < 1.29 is 14.3 Å². The standard InChI is InChI=1S/C28H28BrCl3N2O3/c1-2-3-14-33-28(36)25(15-19-8-5-4-6-9-19)34(17-21-22(30)10-7-11-23(21)31)27(35)18-37-26-13-12-20(29)16-24(26)32/h4-13,16,25H,2-3,14-15,17-18H2,1H3,(H,33,36)/t25-/m0/s1. The monoisotopic (exact) mass is 624 g/mol. The van der Waals surface area contributed by atoms with E-state index < -0.39 is 11.9 Å². The number of carbonyl (C=O) groups is 2. The zero-order chi connectivity index (χ0) is 26.8. The van der Waals surface area contributed by atoms with Gasteiger partial charge in [-0.15, -0.1) is 0 Å². The summed E-state index contributed by atoms with van der Waals surface area (Å²) in [6.45, 7) is 2.28. The first-order valence-electron chi connectivity index (χ1n) is 11.9. The molecule has 0 radical (unpaired) electrons. The highest BCUT2D eigenvalue weighted by Crippen LogP contribution is 2.29. The molecule has 9 heteroatoms. The van der Waals surface area contributed by atoms with Crippen LogP contribution in [0.4, 0.5) is 0 Å². The summed E-state index contributed by atoms with van der Waals surface area (Å²) in [4.78, 5) is 28.6. The summed E-state index contributed by atoms with van der Waals surface area (Å²) in [6.07, 6.45) is 2.08. The Bertz CT molecular complexity index is 1190.